The molecular weight excluding hydrogens is 198 g/mol. The zero-order valence-corrected chi connectivity index (χ0v) is 9.04. The van der Waals surface area contributed by atoms with Crippen LogP contribution in [0.3, 0.4) is 0 Å². The Kier molecular flexibility index (Phi) is 3.83. The van der Waals surface area contributed by atoms with Crippen molar-refractivity contribution in [2.75, 3.05) is 5.32 Å². The lowest BCUT2D eigenvalue weighted by molar-refractivity contribution is 0.242. The van der Waals surface area contributed by atoms with Crippen LogP contribution in [0.5, 0.6) is 5.75 Å². The van der Waals surface area contributed by atoms with Gasteiger partial charge < -0.3 is 10.1 Å². The van der Waals surface area contributed by atoms with Gasteiger partial charge in [-0.15, -0.1) is 0 Å². The van der Waals surface area contributed by atoms with E-state index in [0.29, 0.717) is 5.69 Å². The summed E-state index contributed by atoms with van der Waals surface area (Å²) in [5.41, 5.74) is 0.709. The molecule has 1 aromatic carbocycles. The minimum Gasteiger partial charge on any atom is -0.491 e. The molecule has 0 aliphatic rings. The van der Waals surface area contributed by atoms with E-state index in [1.807, 2.05) is 13.8 Å². The second-order valence-corrected chi connectivity index (χ2v) is 3.53. The van der Waals surface area contributed by atoms with E-state index < -0.39 is 0 Å². The Morgan fingerprint density at radius 1 is 1.36 bits per heavy atom. The average molecular weight is 211 g/mol. The summed E-state index contributed by atoms with van der Waals surface area (Å²) in [4.78, 5) is 10.6. The number of carbonyl (C=O) groups excluding carboxylic acids is 1. The van der Waals surface area contributed by atoms with Crippen LogP contribution in [0.2, 0.25) is 0 Å². The number of hydrogen-bond donors (Lipinski definition) is 2. The molecule has 0 saturated carbocycles. The maximum Gasteiger partial charge on any atom is 0.280 e. The number of amides is 1. The zero-order chi connectivity index (χ0) is 10.6. The molecule has 0 atom stereocenters. The van der Waals surface area contributed by atoms with Crippen LogP contribution in [0.1, 0.15) is 13.8 Å². The lowest BCUT2D eigenvalue weighted by atomic mass is 10.3. The Bertz CT molecular complexity index is 308. The van der Waals surface area contributed by atoms with Crippen molar-refractivity contribution in [2.45, 2.75) is 20.0 Å². The highest BCUT2D eigenvalue weighted by Gasteiger charge is 1.98. The fraction of sp³-hybridized carbons (Fsp3) is 0.300. The van der Waals surface area contributed by atoms with Crippen LogP contribution >= 0.6 is 12.6 Å². The highest BCUT2D eigenvalue weighted by atomic mass is 32.1. The highest BCUT2D eigenvalue weighted by Crippen LogP contribution is 2.16. The van der Waals surface area contributed by atoms with Gasteiger partial charge >= 0.3 is 0 Å². The van der Waals surface area contributed by atoms with Crippen molar-refractivity contribution in [2.24, 2.45) is 0 Å². The quantitative estimate of drug-likeness (QED) is 0.754. The van der Waals surface area contributed by atoms with Gasteiger partial charge in [-0.25, -0.2) is 0 Å². The van der Waals surface area contributed by atoms with Crippen LogP contribution in [0.4, 0.5) is 10.5 Å². The molecule has 0 unspecified atom stereocenters. The van der Waals surface area contributed by atoms with Crippen LogP contribution in [0.15, 0.2) is 24.3 Å². The normalized spacial score (nSPS) is 10.0. The average Bonchev–Trinajstić information content (AvgIpc) is 2.06. The second-order valence-electron chi connectivity index (χ2n) is 3.12. The number of carbonyl (C=O) groups is 1. The third-order valence-electron chi connectivity index (χ3n) is 1.48. The molecule has 0 heterocycles. The molecule has 0 aromatic heterocycles. The molecule has 0 bridgehead atoms. The Hall–Kier alpha value is -1.16. The molecule has 0 fully saturated rings. The highest BCUT2D eigenvalue weighted by molar-refractivity contribution is 7.96. The largest absolute Gasteiger partial charge is 0.491 e. The van der Waals surface area contributed by atoms with Gasteiger partial charge in [0.2, 0.25) is 0 Å². The fourth-order valence-corrected chi connectivity index (χ4v) is 1.14. The predicted molar refractivity (Wildman–Crippen MR) is 60.2 cm³/mol. The van der Waals surface area contributed by atoms with Crippen molar-refractivity contribution in [3.05, 3.63) is 24.3 Å². The summed E-state index contributed by atoms with van der Waals surface area (Å²) in [6.07, 6.45) is 0.153. The monoisotopic (exact) mass is 211 g/mol. The molecule has 4 heteroatoms. The van der Waals surface area contributed by atoms with Crippen molar-refractivity contribution in [1.82, 2.24) is 0 Å². The molecule has 76 valence electrons. The minimum atomic E-state index is -0.373. The first-order chi connectivity index (χ1) is 6.58. The number of anilines is 1. The zero-order valence-electron chi connectivity index (χ0n) is 8.15. The summed E-state index contributed by atoms with van der Waals surface area (Å²) in [7, 11) is 0. The van der Waals surface area contributed by atoms with Crippen LogP contribution in [0.25, 0.3) is 0 Å². The van der Waals surface area contributed by atoms with E-state index in [-0.39, 0.29) is 11.3 Å². The van der Waals surface area contributed by atoms with E-state index in [2.05, 4.69) is 17.9 Å². The maximum atomic E-state index is 10.6. The number of rotatable bonds is 3. The van der Waals surface area contributed by atoms with Gasteiger partial charge in [0.15, 0.2) is 0 Å². The SMILES string of the molecule is CC(C)Oc1ccc(NC(=O)S)cc1. The number of hydrogen-bond acceptors (Lipinski definition) is 2. The molecule has 0 radical (unpaired) electrons. The lowest BCUT2D eigenvalue weighted by Gasteiger charge is -2.09. The topological polar surface area (TPSA) is 38.3 Å². The number of ether oxygens (including phenoxy) is 1. The first-order valence-corrected chi connectivity index (χ1v) is 4.79. The Morgan fingerprint density at radius 2 is 1.93 bits per heavy atom. The molecule has 0 spiro atoms. The van der Waals surface area contributed by atoms with E-state index in [1.165, 1.54) is 0 Å². The molecule has 0 aliphatic heterocycles. The van der Waals surface area contributed by atoms with Gasteiger partial charge in [0.1, 0.15) is 5.75 Å². The van der Waals surface area contributed by atoms with Crippen LogP contribution in [-0.2, 0) is 0 Å². The maximum absolute atomic E-state index is 10.6. The molecule has 3 nitrogen and oxygen atoms in total. The first kappa shape index (κ1) is 10.9. The molecule has 1 N–H and O–H groups in total. The molecule has 14 heavy (non-hydrogen) atoms. The standard InChI is InChI=1S/C10H13NO2S/c1-7(2)13-9-5-3-8(4-6-9)11-10(12)14/h3-7H,1-2H3,(H2,11,12,14). The molecule has 0 aliphatic carbocycles. The summed E-state index contributed by atoms with van der Waals surface area (Å²) in [5.74, 6) is 0.789. The Morgan fingerprint density at radius 3 is 2.36 bits per heavy atom. The summed E-state index contributed by atoms with van der Waals surface area (Å²) in [6.45, 7) is 3.92. The molecule has 0 saturated heterocycles. The first-order valence-electron chi connectivity index (χ1n) is 4.34. The molecular formula is C10H13NO2S. The Balaban J connectivity index is 2.63. The van der Waals surface area contributed by atoms with Crippen molar-refractivity contribution in [3.63, 3.8) is 0 Å². The van der Waals surface area contributed by atoms with Crippen molar-refractivity contribution >= 4 is 23.6 Å². The van der Waals surface area contributed by atoms with E-state index in [1.54, 1.807) is 24.3 Å². The number of benzene rings is 1. The smallest absolute Gasteiger partial charge is 0.280 e. The van der Waals surface area contributed by atoms with E-state index in [9.17, 15) is 4.79 Å². The van der Waals surface area contributed by atoms with Gasteiger partial charge in [0.05, 0.1) is 6.10 Å². The molecule has 1 aromatic rings. The third-order valence-corrected chi connectivity index (χ3v) is 1.59. The van der Waals surface area contributed by atoms with Crippen LogP contribution in [0, 0.1) is 0 Å². The van der Waals surface area contributed by atoms with Gasteiger partial charge in [-0.1, -0.05) is 12.6 Å². The van der Waals surface area contributed by atoms with E-state index in [0.717, 1.165) is 5.75 Å². The van der Waals surface area contributed by atoms with Gasteiger partial charge in [0.25, 0.3) is 5.24 Å². The van der Waals surface area contributed by atoms with Gasteiger partial charge in [-0.3, -0.25) is 4.79 Å². The summed E-state index contributed by atoms with van der Waals surface area (Å²) in [6, 6.07) is 7.15. The summed E-state index contributed by atoms with van der Waals surface area (Å²) in [5, 5.41) is 2.18. The van der Waals surface area contributed by atoms with Crippen molar-refractivity contribution in [3.8, 4) is 5.75 Å². The third kappa shape index (κ3) is 3.70. The van der Waals surface area contributed by atoms with Crippen LogP contribution in [-0.4, -0.2) is 11.3 Å². The summed E-state index contributed by atoms with van der Waals surface area (Å²) < 4.78 is 5.44. The minimum absolute atomic E-state index is 0.153. The van der Waals surface area contributed by atoms with Crippen molar-refractivity contribution < 1.29 is 9.53 Å². The number of nitrogens with one attached hydrogen (secondary N) is 1. The van der Waals surface area contributed by atoms with Crippen LogP contribution < -0.4 is 10.1 Å². The van der Waals surface area contributed by atoms with Crippen molar-refractivity contribution in [1.29, 1.82) is 0 Å². The number of thiol groups is 1. The van der Waals surface area contributed by atoms with E-state index in [4.69, 9.17) is 4.74 Å². The molecule has 1 rings (SSSR count). The molecule has 1 amide bonds. The summed E-state index contributed by atoms with van der Waals surface area (Å²) >= 11 is 3.61. The fourth-order valence-electron chi connectivity index (χ4n) is 1.01. The predicted octanol–water partition coefficient (Wildman–Crippen LogP) is 2.94. The van der Waals surface area contributed by atoms with Gasteiger partial charge in [-0.2, -0.15) is 0 Å². The van der Waals surface area contributed by atoms with E-state index >= 15 is 0 Å². The Labute approximate surface area is 88.9 Å². The lowest BCUT2D eigenvalue weighted by Crippen LogP contribution is -2.05. The second kappa shape index (κ2) is 4.91. The van der Waals surface area contributed by atoms with Gasteiger partial charge in [0, 0.05) is 5.69 Å². The van der Waals surface area contributed by atoms with Gasteiger partial charge in [-0.05, 0) is 38.1 Å².